The number of ketones is 2. The van der Waals surface area contributed by atoms with Gasteiger partial charge in [0.2, 0.25) is 0 Å². The van der Waals surface area contributed by atoms with E-state index in [9.17, 15) is 9.59 Å². The first-order chi connectivity index (χ1) is 8.48. The van der Waals surface area contributed by atoms with Crippen molar-refractivity contribution >= 4 is 20.1 Å². The Kier molecular flexibility index (Phi) is 8.31. The fourth-order valence-corrected chi connectivity index (χ4v) is 5.58. The molecule has 0 fully saturated rings. The van der Waals surface area contributed by atoms with Crippen LogP contribution in [0.2, 0.25) is 11.6 Å². The van der Waals surface area contributed by atoms with E-state index in [2.05, 4.69) is 0 Å². The smallest absolute Gasteiger partial charge is 0.356 e. The van der Waals surface area contributed by atoms with Crippen LogP contribution in [0.5, 0.6) is 0 Å². The number of unbranched alkanes of at least 4 members (excludes halogenated alkanes) is 1. The van der Waals surface area contributed by atoms with Crippen LogP contribution in [0.1, 0.15) is 46.5 Å². The number of carbonyl (C=O) groups excluding carboxylic acids is 2. The lowest BCUT2D eigenvalue weighted by Crippen LogP contribution is -2.50. The molecule has 0 bridgehead atoms. The van der Waals surface area contributed by atoms with E-state index in [1.54, 1.807) is 14.2 Å². The number of hydrogen-bond donors (Lipinski definition) is 0. The Balaban J connectivity index is 5.14. The van der Waals surface area contributed by atoms with Gasteiger partial charge < -0.3 is 8.85 Å². The molecule has 0 aromatic heterocycles. The van der Waals surface area contributed by atoms with Gasteiger partial charge in [-0.2, -0.15) is 0 Å². The van der Waals surface area contributed by atoms with E-state index in [-0.39, 0.29) is 11.6 Å². The molecule has 1 unspecified atom stereocenters. The van der Waals surface area contributed by atoms with Crippen molar-refractivity contribution in [1.29, 1.82) is 0 Å². The van der Waals surface area contributed by atoms with Gasteiger partial charge in [0.1, 0.15) is 17.1 Å². The van der Waals surface area contributed by atoms with E-state index in [0.29, 0.717) is 12.5 Å². The van der Waals surface area contributed by atoms with Crippen molar-refractivity contribution in [3.63, 3.8) is 0 Å². The molecule has 0 aromatic carbocycles. The number of hydrogen-bond acceptors (Lipinski definition) is 4. The maximum Gasteiger partial charge on any atom is 0.356 e. The van der Waals surface area contributed by atoms with Crippen molar-refractivity contribution in [2.45, 2.75) is 58.0 Å². The number of Topliss-reactive ketones (excluding diaryl/α,β-unsaturated/α-hetero) is 2. The highest BCUT2D eigenvalue weighted by molar-refractivity contribution is 6.76. The molecule has 0 aliphatic carbocycles. The lowest BCUT2D eigenvalue weighted by atomic mass is 10.1. The Labute approximate surface area is 111 Å². The predicted molar refractivity (Wildman–Crippen MR) is 73.8 cm³/mol. The van der Waals surface area contributed by atoms with Crippen molar-refractivity contribution in [2.24, 2.45) is 0 Å². The van der Waals surface area contributed by atoms with E-state index < -0.39 is 14.1 Å². The SMILES string of the molecule is CCCCC(=O)C(C(C)=O)[Si](CCC)(OC)OC. The summed E-state index contributed by atoms with van der Waals surface area (Å²) in [5.74, 6) is -0.145. The molecule has 18 heavy (non-hydrogen) atoms. The molecule has 0 aliphatic rings. The highest BCUT2D eigenvalue weighted by Gasteiger charge is 2.50. The zero-order valence-electron chi connectivity index (χ0n) is 12.2. The van der Waals surface area contributed by atoms with Crippen LogP contribution >= 0.6 is 0 Å². The fraction of sp³-hybridized carbons (Fsp3) is 0.846. The summed E-state index contributed by atoms with van der Waals surface area (Å²) in [6, 6.07) is 0.669. The zero-order valence-corrected chi connectivity index (χ0v) is 13.2. The molecule has 1 atom stereocenters. The third-order valence-corrected chi connectivity index (χ3v) is 7.42. The molecule has 0 rings (SSSR count). The molecule has 0 heterocycles. The van der Waals surface area contributed by atoms with Gasteiger partial charge in [0.25, 0.3) is 0 Å². The normalized spacial score (nSPS) is 13.4. The van der Waals surface area contributed by atoms with Crippen molar-refractivity contribution in [2.75, 3.05) is 14.2 Å². The maximum absolute atomic E-state index is 12.2. The molecule has 0 saturated carbocycles. The average Bonchev–Trinajstić information content (AvgIpc) is 2.35. The minimum absolute atomic E-state index is 0.0202. The van der Waals surface area contributed by atoms with E-state index >= 15 is 0 Å². The highest BCUT2D eigenvalue weighted by atomic mass is 28.4. The summed E-state index contributed by atoms with van der Waals surface area (Å²) in [5.41, 5.74) is -0.681. The third-order valence-electron chi connectivity index (χ3n) is 3.23. The molecule has 4 nitrogen and oxygen atoms in total. The fourth-order valence-electron chi connectivity index (χ4n) is 2.29. The Morgan fingerprint density at radius 3 is 2.00 bits per heavy atom. The van der Waals surface area contributed by atoms with Crippen molar-refractivity contribution in [3.05, 3.63) is 0 Å². The zero-order chi connectivity index (χ0) is 14.2. The lowest BCUT2D eigenvalue weighted by molar-refractivity contribution is -0.127. The van der Waals surface area contributed by atoms with Gasteiger partial charge in [0.15, 0.2) is 0 Å². The van der Waals surface area contributed by atoms with Gasteiger partial charge in [-0.15, -0.1) is 0 Å². The summed E-state index contributed by atoms with van der Waals surface area (Å²) in [4.78, 5) is 24.1. The number of rotatable bonds is 10. The lowest BCUT2D eigenvalue weighted by Gasteiger charge is -2.32. The van der Waals surface area contributed by atoms with E-state index in [0.717, 1.165) is 19.3 Å². The van der Waals surface area contributed by atoms with Crippen LogP contribution in [0.3, 0.4) is 0 Å². The monoisotopic (exact) mass is 274 g/mol. The van der Waals surface area contributed by atoms with Crippen LogP contribution in [-0.4, -0.2) is 34.3 Å². The van der Waals surface area contributed by atoms with Crippen molar-refractivity contribution < 1.29 is 18.4 Å². The van der Waals surface area contributed by atoms with E-state index in [1.165, 1.54) is 6.92 Å². The quantitative estimate of drug-likeness (QED) is 0.454. The first-order valence-electron chi connectivity index (χ1n) is 6.62. The van der Waals surface area contributed by atoms with Crippen LogP contribution in [0.25, 0.3) is 0 Å². The average molecular weight is 274 g/mol. The molecule has 0 radical (unpaired) electrons. The van der Waals surface area contributed by atoms with E-state index in [4.69, 9.17) is 8.85 Å². The Bertz CT molecular complexity index is 274. The van der Waals surface area contributed by atoms with Gasteiger partial charge >= 0.3 is 8.56 Å². The molecular weight excluding hydrogens is 248 g/mol. The Morgan fingerprint density at radius 1 is 1.11 bits per heavy atom. The van der Waals surface area contributed by atoms with E-state index in [1.807, 2.05) is 13.8 Å². The summed E-state index contributed by atoms with van der Waals surface area (Å²) in [6.45, 7) is 5.50. The van der Waals surface area contributed by atoms with Crippen molar-refractivity contribution in [1.82, 2.24) is 0 Å². The Morgan fingerprint density at radius 2 is 1.67 bits per heavy atom. The largest absolute Gasteiger partial charge is 0.397 e. The molecule has 0 aromatic rings. The van der Waals surface area contributed by atoms with Crippen LogP contribution in [0, 0.1) is 0 Å². The number of carbonyl (C=O) groups is 2. The molecule has 0 N–H and O–H groups in total. The standard InChI is InChI=1S/C13H26O4Si/c1-6-8-9-12(15)13(11(3)14)18(16-4,17-5)10-7-2/h13H,6-10H2,1-5H3. The summed E-state index contributed by atoms with van der Waals surface area (Å²) in [7, 11) is 0.352. The van der Waals surface area contributed by atoms with Gasteiger partial charge in [0, 0.05) is 20.6 Å². The molecule has 0 spiro atoms. The first kappa shape index (κ1) is 17.5. The molecular formula is C13H26O4Si. The van der Waals surface area contributed by atoms with Gasteiger partial charge in [-0.3, -0.25) is 9.59 Å². The van der Waals surface area contributed by atoms with Crippen LogP contribution in [0.15, 0.2) is 0 Å². The highest BCUT2D eigenvalue weighted by Crippen LogP contribution is 2.32. The van der Waals surface area contributed by atoms with Crippen LogP contribution in [0.4, 0.5) is 0 Å². The predicted octanol–water partition coefficient (Wildman–Crippen LogP) is 2.85. The third kappa shape index (κ3) is 4.30. The van der Waals surface area contributed by atoms with Gasteiger partial charge in [0.05, 0.1) is 0 Å². The second kappa shape index (κ2) is 8.56. The van der Waals surface area contributed by atoms with Gasteiger partial charge in [-0.1, -0.05) is 26.7 Å². The molecule has 0 amide bonds. The molecule has 5 heteroatoms. The Hall–Kier alpha value is -0.523. The first-order valence-corrected chi connectivity index (χ1v) is 8.72. The van der Waals surface area contributed by atoms with Crippen molar-refractivity contribution in [3.8, 4) is 0 Å². The summed E-state index contributed by atoms with van der Waals surface area (Å²) >= 11 is 0. The van der Waals surface area contributed by atoms with Crippen LogP contribution < -0.4 is 0 Å². The summed E-state index contributed by atoms with van der Waals surface area (Å²) in [6.07, 6.45) is 3.04. The summed E-state index contributed by atoms with van der Waals surface area (Å²) in [5, 5.41) is 0. The minimum atomic E-state index is -2.75. The molecule has 106 valence electrons. The molecule has 0 saturated heterocycles. The topological polar surface area (TPSA) is 52.6 Å². The maximum atomic E-state index is 12.2. The van der Waals surface area contributed by atoms with Gasteiger partial charge in [-0.25, -0.2) is 0 Å². The molecule has 0 aliphatic heterocycles. The summed E-state index contributed by atoms with van der Waals surface area (Å²) < 4.78 is 11.1. The van der Waals surface area contributed by atoms with Gasteiger partial charge in [-0.05, 0) is 19.4 Å². The minimum Gasteiger partial charge on any atom is -0.397 e. The second-order valence-electron chi connectivity index (χ2n) is 4.58. The second-order valence-corrected chi connectivity index (χ2v) is 8.10. The van der Waals surface area contributed by atoms with Crippen LogP contribution in [-0.2, 0) is 18.4 Å².